The van der Waals surface area contributed by atoms with E-state index in [1.54, 1.807) is 6.21 Å². The van der Waals surface area contributed by atoms with Gasteiger partial charge in [0.2, 0.25) is 0 Å². The molecule has 18 heavy (non-hydrogen) atoms. The van der Waals surface area contributed by atoms with Gasteiger partial charge >= 0.3 is 0 Å². The van der Waals surface area contributed by atoms with Crippen LogP contribution in [0, 0.1) is 13.8 Å². The van der Waals surface area contributed by atoms with Crippen LogP contribution in [0.2, 0.25) is 0 Å². The molecular weight excluding hydrogens is 261 g/mol. The molecule has 2 rings (SSSR count). The van der Waals surface area contributed by atoms with Crippen LogP contribution in [0.5, 0.6) is 5.75 Å². The standard InChI is InChI=1S/C15H15NO.V/c1-11-8-12(2)15(17)14(9-11)16-10-13-6-4-3-5-7-13;/h3-10,17H,1-2H3;. The van der Waals surface area contributed by atoms with Crippen LogP contribution in [-0.4, -0.2) is 11.3 Å². The van der Waals surface area contributed by atoms with E-state index < -0.39 is 0 Å². The molecule has 2 aromatic rings. The summed E-state index contributed by atoms with van der Waals surface area (Å²) in [5, 5.41) is 9.89. The molecule has 0 saturated carbocycles. The number of phenolic OH excluding ortho intramolecular Hbond substituents is 1. The molecule has 0 saturated heterocycles. The van der Waals surface area contributed by atoms with Crippen molar-refractivity contribution in [1.82, 2.24) is 0 Å². The SMILES string of the molecule is Cc1cc(C)c(O)c(N=Cc2ccccc2)c1.[V]. The zero-order valence-electron chi connectivity index (χ0n) is 10.5. The Balaban J connectivity index is 0.00000162. The van der Waals surface area contributed by atoms with Gasteiger partial charge in [0.25, 0.3) is 0 Å². The van der Waals surface area contributed by atoms with Crippen molar-refractivity contribution < 1.29 is 23.7 Å². The number of hydrogen-bond acceptors (Lipinski definition) is 2. The molecule has 1 N–H and O–H groups in total. The van der Waals surface area contributed by atoms with Crippen molar-refractivity contribution in [3.8, 4) is 5.75 Å². The van der Waals surface area contributed by atoms with Crippen LogP contribution in [0.15, 0.2) is 47.5 Å². The molecule has 0 unspecified atom stereocenters. The molecule has 0 amide bonds. The van der Waals surface area contributed by atoms with Crippen molar-refractivity contribution in [2.24, 2.45) is 4.99 Å². The van der Waals surface area contributed by atoms with E-state index in [1.807, 2.05) is 56.3 Å². The normalized spacial score (nSPS) is 10.3. The summed E-state index contributed by atoms with van der Waals surface area (Å²) in [4.78, 5) is 4.32. The summed E-state index contributed by atoms with van der Waals surface area (Å²) in [6.45, 7) is 3.87. The summed E-state index contributed by atoms with van der Waals surface area (Å²) in [6, 6.07) is 13.7. The summed E-state index contributed by atoms with van der Waals surface area (Å²) in [7, 11) is 0. The summed E-state index contributed by atoms with van der Waals surface area (Å²) in [5.74, 6) is 0.253. The van der Waals surface area contributed by atoms with E-state index in [2.05, 4.69) is 4.99 Å². The van der Waals surface area contributed by atoms with Gasteiger partial charge in [-0.15, -0.1) is 0 Å². The van der Waals surface area contributed by atoms with Crippen LogP contribution in [0.25, 0.3) is 0 Å². The maximum atomic E-state index is 9.89. The molecule has 2 nitrogen and oxygen atoms in total. The van der Waals surface area contributed by atoms with Gasteiger partial charge in [0.05, 0.1) is 0 Å². The molecule has 0 aliphatic carbocycles. The van der Waals surface area contributed by atoms with E-state index in [1.165, 1.54) is 0 Å². The molecule has 0 heterocycles. The number of hydrogen-bond donors (Lipinski definition) is 1. The van der Waals surface area contributed by atoms with Gasteiger partial charge in [0.15, 0.2) is 0 Å². The van der Waals surface area contributed by atoms with Crippen LogP contribution < -0.4 is 0 Å². The Bertz CT molecular complexity index is 550. The average Bonchev–Trinajstić information content (AvgIpc) is 2.33. The van der Waals surface area contributed by atoms with Gasteiger partial charge < -0.3 is 5.11 Å². The quantitative estimate of drug-likeness (QED) is 0.832. The van der Waals surface area contributed by atoms with Crippen molar-refractivity contribution in [2.45, 2.75) is 13.8 Å². The van der Waals surface area contributed by atoms with Gasteiger partial charge in [-0.2, -0.15) is 0 Å². The molecule has 1 radical (unpaired) electrons. The van der Waals surface area contributed by atoms with Crippen molar-refractivity contribution in [3.05, 3.63) is 59.2 Å². The largest absolute Gasteiger partial charge is 0.505 e. The molecule has 0 aromatic heterocycles. The average molecular weight is 276 g/mol. The Kier molecular flexibility index (Phi) is 5.20. The monoisotopic (exact) mass is 276 g/mol. The Hall–Kier alpha value is -1.51. The number of phenols is 1. The Morgan fingerprint density at radius 2 is 1.72 bits per heavy atom. The number of aryl methyl sites for hydroxylation is 2. The molecule has 0 spiro atoms. The summed E-state index contributed by atoms with van der Waals surface area (Å²) < 4.78 is 0. The molecule has 2 aromatic carbocycles. The van der Waals surface area contributed by atoms with Gasteiger partial charge in [0.1, 0.15) is 11.4 Å². The molecule has 91 valence electrons. The minimum absolute atomic E-state index is 0. The first-order valence-electron chi connectivity index (χ1n) is 5.56. The molecular formula is C15H15NOV. The third-order valence-electron chi connectivity index (χ3n) is 2.58. The van der Waals surface area contributed by atoms with Gasteiger partial charge in [-0.1, -0.05) is 36.4 Å². The Morgan fingerprint density at radius 1 is 1.06 bits per heavy atom. The van der Waals surface area contributed by atoms with Crippen LogP contribution >= 0.6 is 0 Å². The predicted octanol–water partition coefficient (Wildman–Crippen LogP) is 3.76. The van der Waals surface area contributed by atoms with Gasteiger partial charge in [0, 0.05) is 24.8 Å². The number of aromatic hydroxyl groups is 1. The summed E-state index contributed by atoms with van der Waals surface area (Å²) in [6.07, 6.45) is 1.76. The minimum atomic E-state index is 0. The van der Waals surface area contributed by atoms with Gasteiger partial charge in [-0.25, -0.2) is 0 Å². The summed E-state index contributed by atoms with van der Waals surface area (Å²) >= 11 is 0. The second-order valence-electron chi connectivity index (χ2n) is 4.12. The van der Waals surface area contributed by atoms with Crippen LogP contribution in [0.1, 0.15) is 16.7 Å². The predicted molar refractivity (Wildman–Crippen MR) is 71.3 cm³/mol. The third kappa shape index (κ3) is 3.49. The molecule has 0 atom stereocenters. The van der Waals surface area contributed by atoms with E-state index in [0.717, 1.165) is 16.7 Å². The number of rotatable bonds is 2. The second-order valence-corrected chi connectivity index (χ2v) is 4.12. The Labute approximate surface area is 119 Å². The maximum Gasteiger partial charge on any atom is 0.144 e. The van der Waals surface area contributed by atoms with E-state index in [-0.39, 0.29) is 24.3 Å². The number of aliphatic imine (C=N–C) groups is 1. The smallest absolute Gasteiger partial charge is 0.144 e. The molecule has 0 fully saturated rings. The fourth-order valence-electron chi connectivity index (χ4n) is 1.72. The fourth-order valence-corrected chi connectivity index (χ4v) is 1.72. The van der Waals surface area contributed by atoms with E-state index in [0.29, 0.717) is 5.69 Å². The second kappa shape index (κ2) is 6.43. The molecule has 0 bridgehead atoms. The first-order valence-corrected chi connectivity index (χ1v) is 5.56. The zero-order valence-corrected chi connectivity index (χ0v) is 11.9. The molecule has 3 heteroatoms. The molecule has 0 aliphatic heterocycles. The van der Waals surface area contributed by atoms with Crippen molar-refractivity contribution in [1.29, 1.82) is 0 Å². The van der Waals surface area contributed by atoms with Gasteiger partial charge in [-0.3, -0.25) is 4.99 Å². The van der Waals surface area contributed by atoms with Gasteiger partial charge in [-0.05, 0) is 36.6 Å². The van der Waals surface area contributed by atoms with E-state index in [9.17, 15) is 5.11 Å². The number of nitrogens with zero attached hydrogens (tertiary/aromatic N) is 1. The first kappa shape index (κ1) is 14.6. The minimum Gasteiger partial charge on any atom is -0.505 e. The van der Waals surface area contributed by atoms with Crippen LogP contribution in [0.4, 0.5) is 5.69 Å². The first-order chi connectivity index (χ1) is 8.16. The fraction of sp³-hybridized carbons (Fsp3) is 0.133. The Morgan fingerprint density at radius 3 is 2.39 bits per heavy atom. The third-order valence-corrected chi connectivity index (χ3v) is 2.58. The van der Waals surface area contributed by atoms with E-state index in [4.69, 9.17) is 0 Å². The van der Waals surface area contributed by atoms with Crippen molar-refractivity contribution in [3.63, 3.8) is 0 Å². The van der Waals surface area contributed by atoms with E-state index >= 15 is 0 Å². The topological polar surface area (TPSA) is 32.6 Å². The van der Waals surface area contributed by atoms with Crippen molar-refractivity contribution >= 4 is 11.9 Å². The van der Waals surface area contributed by atoms with Crippen LogP contribution in [0.3, 0.4) is 0 Å². The van der Waals surface area contributed by atoms with Crippen molar-refractivity contribution in [2.75, 3.05) is 0 Å². The summed E-state index contributed by atoms with van der Waals surface area (Å²) in [5.41, 5.74) is 3.59. The molecule has 0 aliphatic rings. The maximum absolute atomic E-state index is 9.89. The zero-order chi connectivity index (χ0) is 12.3. The van der Waals surface area contributed by atoms with Crippen LogP contribution in [-0.2, 0) is 18.6 Å². The number of benzene rings is 2.